The molecule has 1 saturated heterocycles. The highest BCUT2D eigenvalue weighted by Gasteiger charge is 2.32. The van der Waals surface area contributed by atoms with E-state index < -0.39 is 10.0 Å². The summed E-state index contributed by atoms with van der Waals surface area (Å²) in [5, 5.41) is 6.84. The number of ketones is 1. The quantitative estimate of drug-likeness (QED) is 0.551. The van der Waals surface area contributed by atoms with Crippen molar-refractivity contribution in [2.45, 2.75) is 31.6 Å². The van der Waals surface area contributed by atoms with Crippen molar-refractivity contribution < 1.29 is 22.5 Å². The third kappa shape index (κ3) is 4.86. The van der Waals surface area contributed by atoms with Gasteiger partial charge in [-0.15, -0.1) is 0 Å². The number of para-hydroxylation sites is 1. The van der Waals surface area contributed by atoms with Crippen LogP contribution in [0.15, 0.2) is 57.9 Å². The van der Waals surface area contributed by atoms with Gasteiger partial charge in [-0.2, -0.15) is 9.29 Å². The first kappa shape index (κ1) is 22.8. The molecule has 1 aromatic heterocycles. The number of hydrogen-bond donors (Lipinski definition) is 1. The summed E-state index contributed by atoms with van der Waals surface area (Å²) >= 11 is 0. The lowest BCUT2D eigenvalue weighted by Crippen LogP contribution is -2.41. The van der Waals surface area contributed by atoms with Gasteiger partial charge in [0, 0.05) is 37.1 Å². The number of aromatic nitrogens is 2. The summed E-state index contributed by atoms with van der Waals surface area (Å²) in [4.78, 5) is 28.8. The maximum Gasteiger partial charge on any atom is 0.243 e. The molecule has 10 heteroatoms. The predicted octanol–water partition coefficient (Wildman–Crippen LogP) is 3.29. The Morgan fingerprint density at radius 2 is 1.82 bits per heavy atom. The number of nitrogens with one attached hydrogen (secondary N) is 1. The SMILES string of the molecule is CC(=O)c1cccc(S(=O)(=O)N2CCC(C(=O)Nc3ccccc3-c3noc(C)n3)CC2)c1. The van der Waals surface area contributed by atoms with Crippen LogP contribution in [0.3, 0.4) is 0 Å². The average molecular weight is 469 g/mol. The van der Waals surface area contributed by atoms with E-state index in [-0.39, 0.29) is 35.6 Å². The molecule has 1 N–H and O–H groups in total. The zero-order valence-corrected chi connectivity index (χ0v) is 19.1. The van der Waals surface area contributed by atoms with Crippen LogP contribution in [0.1, 0.15) is 36.0 Å². The molecule has 0 unspecified atom stereocenters. The number of benzene rings is 2. The Kier molecular flexibility index (Phi) is 6.39. The largest absolute Gasteiger partial charge is 0.339 e. The fourth-order valence-electron chi connectivity index (χ4n) is 3.81. The number of rotatable bonds is 6. The highest BCUT2D eigenvalue weighted by Crippen LogP contribution is 2.29. The minimum atomic E-state index is -3.74. The molecule has 3 aromatic rings. The Hall–Kier alpha value is -3.37. The van der Waals surface area contributed by atoms with E-state index in [1.165, 1.54) is 23.4 Å². The summed E-state index contributed by atoms with van der Waals surface area (Å²) in [6.45, 7) is 3.52. The third-order valence-corrected chi connectivity index (χ3v) is 7.55. The highest BCUT2D eigenvalue weighted by molar-refractivity contribution is 7.89. The Morgan fingerprint density at radius 1 is 1.09 bits per heavy atom. The first-order chi connectivity index (χ1) is 15.8. The maximum absolute atomic E-state index is 13.0. The van der Waals surface area contributed by atoms with Crippen LogP contribution in [0.2, 0.25) is 0 Å². The normalized spacial score (nSPS) is 15.3. The molecule has 33 heavy (non-hydrogen) atoms. The van der Waals surface area contributed by atoms with Crippen molar-refractivity contribution in [3.63, 3.8) is 0 Å². The van der Waals surface area contributed by atoms with Gasteiger partial charge in [0.25, 0.3) is 0 Å². The van der Waals surface area contributed by atoms with Crippen LogP contribution in [0, 0.1) is 12.8 Å². The molecule has 1 aliphatic rings. The number of nitrogens with zero attached hydrogens (tertiary/aromatic N) is 3. The first-order valence-corrected chi connectivity index (χ1v) is 12.0. The molecule has 0 atom stereocenters. The van der Waals surface area contributed by atoms with Gasteiger partial charge < -0.3 is 9.84 Å². The number of hydrogen-bond acceptors (Lipinski definition) is 7. The Balaban J connectivity index is 1.43. The molecule has 0 saturated carbocycles. The van der Waals surface area contributed by atoms with Gasteiger partial charge in [0.15, 0.2) is 5.78 Å². The maximum atomic E-state index is 13.0. The molecule has 9 nitrogen and oxygen atoms in total. The van der Waals surface area contributed by atoms with E-state index in [0.29, 0.717) is 41.4 Å². The molecule has 0 aliphatic carbocycles. The third-order valence-electron chi connectivity index (χ3n) is 5.66. The van der Waals surface area contributed by atoms with E-state index in [4.69, 9.17) is 4.52 Å². The van der Waals surface area contributed by atoms with E-state index in [0.717, 1.165) is 0 Å². The molecular weight excluding hydrogens is 444 g/mol. The molecule has 1 amide bonds. The molecule has 1 aliphatic heterocycles. The van der Waals surface area contributed by atoms with E-state index in [9.17, 15) is 18.0 Å². The second-order valence-electron chi connectivity index (χ2n) is 7.93. The second kappa shape index (κ2) is 9.24. The summed E-state index contributed by atoms with van der Waals surface area (Å²) in [7, 11) is -3.74. The molecule has 2 aromatic carbocycles. The van der Waals surface area contributed by atoms with Gasteiger partial charge in [-0.25, -0.2) is 8.42 Å². The van der Waals surface area contributed by atoms with Gasteiger partial charge in [0.05, 0.1) is 10.6 Å². The summed E-state index contributed by atoms with van der Waals surface area (Å²) in [5.74, 6) is 0.0997. The number of amides is 1. The highest BCUT2D eigenvalue weighted by atomic mass is 32.2. The Morgan fingerprint density at radius 3 is 2.48 bits per heavy atom. The van der Waals surface area contributed by atoms with Gasteiger partial charge in [-0.05, 0) is 44.0 Å². The van der Waals surface area contributed by atoms with Gasteiger partial charge in [-0.3, -0.25) is 9.59 Å². The van der Waals surface area contributed by atoms with Gasteiger partial charge in [0.2, 0.25) is 27.6 Å². The number of sulfonamides is 1. The first-order valence-electron chi connectivity index (χ1n) is 10.6. The predicted molar refractivity (Wildman–Crippen MR) is 121 cm³/mol. The van der Waals surface area contributed by atoms with Crippen molar-refractivity contribution in [1.82, 2.24) is 14.4 Å². The van der Waals surface area contributed by atoms with Gasteiger partial charge >= 0.3 is 0 Å². The standard InChI is InChI=1S/C23H24N4O5S/c1-15(28)18-6-5-7-19(14-18)33(30,31)27-12-10-17(11-13-27)23(29)25-21-9-4-3-8-20(21)22-24-16(2)32-26-22/h3-9,14,17H,10-13H2,1-2H3,(H,25,29). The van der Waals surface area contributed by atoms with Crippen molar-refractivity contribution in [3.05, 3.63) is 60.0 Å². The van der Waals surface area contributed by atoms with Crippen LogP contribution in [-0.2, 0) is 14.8 Å². The zero-order valence-electron chi connectivity index (χ0n) is 18.3. The topological polar surface area (TPSA) is 122 Å². The smallest absolute Gasteiger partial charge is 0.243 e. The number of anilines is 1. The number of carbonyl (C=O) groups is 2. The summed E-state index contributed by atoms with van der Waals surface area (Å²) in [5.41, 5.74) is 1.56. The molecule has 0 bridgehead atoms. The fraction of sp³-hybridized carbons (Fsp3) is 0.304. The van der Waals surface area contributed by atoms with Crippen molar-refractivity contribution in [3.8, 4) is 11.4 Å². The Labute approximate surface area is 191 Å². The van der Waals surface area contributed by atoms with Crippen molar-refractivity contribution >= 4 is 27.4 Å². The monoisotopic (exact) mass is 468 g/mol. The molecule has 172 valence electrons. The summed E-state index contributed by atoms with van der Waals surface area (Å²) in [6.07, 6.45) is 0.780. The lowest BCUT2D eigenvalue weighted by molar-refractivity contribution is -0.120. The lowest BCUT2D eigenvalue weighted by Gasteiger charge is -2.30. The molecule has 4 rings (SSSR count). The minimum absolute atomic E-state index is 0.0856. The zero-order chi connectivity index (χ0) is 23.6. The van der Waals surface area contributed by atoms with Crippen molar-refractivity contribution in [2.75, 3.05) is 18.4 Å². The number of piperidine rings is 1. The van der Waals surface area contributed by atoms with E-state index in [1.54, 1.807) is 37.3 Å². The summed E-state index contributed by atoms with van der Waals surface area (Å²) < 4.78 is 32.5. The summed E-state index contributed by atoms with van der Waals surface area (Å²) in [6, 6.07) is 13.2. The van der Waals surface area contributed by atoms with Gasteiger partial charge in [-0.1, -0.05) is 29.4 Å². The van der Waals surface area contributed by atoms with Crippen LogP contribution in [-0.4, -0.2) is 47.6 Å². The van der Waals surface area contributed by atoms with Crippen LogP contribution >= 0.6 is 0 Å². The van der Waals surface area contributed by atoms with E-state index >= 15 is 0 Å². The van der Waals surface area contributed by atoms with Crippen molar-refractivity contribution in [1.29, 1.82) is 0 Å². The number of Topliss-reactive ketones (excluding diaryl/α,β-unsaturated/α-hetero) is 1. The molecular formula is C23H24N4O5S. The van der Waals surface area contributed by atoms with Crippen molar-refractivity contribution in [2.24, 2.45) is 5.92 Å². The van der Waals surface area contributed by atoms with Crippen LogP contribution < -0.4 is 5.32 Å². The van der Waals surface area contributed by atoms with E-state index in [2.05, 4.69) is 15.5 Å². The molecule has 0 spiro atoms. The molecule has 0 radical (unpaired) electrons. The van der Waals surface area contributed by atoms with Gasteiger partial charge in [0.1, 0.15) is 0 Å². The fourth-order valence-corrected chi connectivity index (χ4v) is 5.33. The molecule has 1 fully saturated rings. The second-order valence-corrected chi connectivity index (χ2v) is 9.87. The van der Waals surface area contributed by atoms with Crippen LogP contribution in [0.4, 0.5) is 5.69 Å². The Bertz CT molecular complexity index is 1290. The van der Waals surface area contributed by atoms with Crippen LogP contribution in [0.5, 0.6) is 0 Å². The van der Waals surface area contributed by atoms with E-state index in [1.807, 2.05) is 6.07 Å². The minimum Gasteiger partial charge on any atom is -0.339 e. The van der Waals surface area contributed by atoms with Crippen LogP contribution in [0.25, 0.3) is 11.4 Å². The number of aryl methyl sites for hydroxylation is 1. The average Bonchev–Trinajstić information content (AvgIpc) is 3.25. The number of carbonyl (C=O) groups excluding carboxylic acids is 2. The molecule has 2 heterocycles. The lowest BCUT2D eigenvalue weighted by atomic mass is 9.97.